The monoisotopic (exact) mass is 221 g/mol. The first-order valence-corrected chi connectivity index (χ1v) is 5.17. The van der Waals surface area contributed by atoms with E-state index in [0.717, 1.165) is 18.9 Å². The molecule has 0 unspecified atom stereocenters. The molecule has 1 fully saturated rings. The van der Waals surface area contributed by atoms with Gasteiger partial charge in [0.2, 0.25) is 0 Å². The number of nitrogens with zero attached hydrogens (tertiary/aromatic N) is 3. The minimum Gasteiger partial charge on any atom is -0.397 e. The Morgan fingerprint density at radius 3 is 2.44 bits per heavy atom. The molecule has 0 aromatic carbocycles. The highest BCUT2D eigenvalue weighted by molar-refractivity contribution is 5.72. The van der Waals surface area contributed by atoms with Gasteiger partial charge < -0.3 is 21.3 Å². The van der Waals surface area contributed by atoms with Crippen LogP contribution in [0.1, 0.15) is 0 Å². The fourth-order valence-corrected chi connectivity index (χ4v) is 1.74. The van der Waals surface area contributed by atoms with Gasteiger partial charge in [0.15, 0.2) is 0 Å². The van der Waals surface area contributed by atoms with Gasteiger partial charge in [-0.05, 0) is 12.1 Å². The zero-order valence-corrected chi connectivity index (χ0v) is 8.97. The molecule has 0 aliphatic carbocycles. The first kappa shape index (κ1) is 10.5. The molecule has 6 heteroatoms. The maximum atomic E-state index is 10.9. The molecule has 1 aliphatic heterocycles. The Balaban J connectivity index is 1.99. The van der Waals surface area contributed by atoms with Crippen LogP contribution in [0.15, 0.2) is 18.3 Å². The standard InChI is InChI=1S/C10H15N5O/c11-8-1-2-9(13-7-8)14-3-5-15(6-4-14)10(12)16/h1-2,7H,3-6,11H2,(H2,12,16). The third-order valence-electron chi connectivity index (χ3n) is 2.69. The van der Waals surface area contributed by atoms with Crippen LogP contribution in [0.5, 0.6) is 0 Å². The van der Waals surface area contributed by atoms with Crippen molar-refractivity contribution < 1.29 is 4.79 Å². The van der Waals surface area contributed by atoms with Crippen molar-refractivity contribution in [3.05, 3.63) is 18.3 Å². The molecular weight excluding hydrogens is 206 g/mol. The Kier molecular flexibility index (Phi) is 2.80. The van der Waals surface area contributed by atoms with E-state index in [1.54, 1.807) is 11.1 Å². The maximum Gasteiger partial charge on any atom is 0.314 e. The van der Waals surface area contributed by atoms with E-state index in [9.17, 15) is 4.79 Å². The molecule has 86 valence electrons. The fraction of sp³-hybridized carbons (Fsp3) is 0.400. The van der Waals surface area contributed by atoms with Gasteiger partial charge in [-0.1, -0.05) is 0 Å². The largest absolute Gasteiger partial charge is 0.397 e. The SMILES string of the molecule is NC(=O)N1CCN(c2ccc(N)cn2)CC1. The minimum absolute atomic E-state index is 0.357. The van der Waals surface area contributed by atoms with E-state index in [4.69, 9.17) is 11.5 Å². The number of pyridine rings is 1. The predicted molar refractivity (Wildman–Crippen MR) is 62.0 cm³/mol. The van der Waals surface area contributed by atoms with E-state index < -0.39 is 0 Å². The van der Waals surface area contributed by atoms with Gasteiger partial charge in [-0.2, -0.15) is 0 Å². The number of amides is 2. The number of nitrogens with two attached hydrogens (primary N) is 2. The van der Waals surface area contributed by atoms with Gasteiger partial charge in [0, 0.05) is 26.2 Å². The Hall–Kier alpha value is -1.98. The molecule has 0 atom stereocenters. The van der Waals surface area contributed by atoms with E-state index >= 15 is 0 Å². The number of hydrogen-bond donors (Lipinski definition) is 2. The van der Waals surface area contributed by atoms with Crippen LogP contribution in [0.3, 0.4) is 0 Å². The van der Waals surface area contributed by atoms with Gasteiger partial charge in [-0.15, -0.1) is 0 Å². The van der Waals surface area contributed by atoms with Crippen molar-refractivity contribution in [2.75, 3.05) is 36.8 Å². The van der Waals surface area contributed by atoms with Crippen molar-refractivity contribution in [3.8, 4) is 0 Å². The highest BCUT2D eigenvalue weighted by Crippen LogP contribution is 2.14. The summed E-state index contributed by atoms with van der Waals surface area (Å²) in [7, 11) is 0. The highest BCUT2D eigenvalue weighted by Gasteiger charge is 2.19. The molecule has 16 heavy (non-hydrogen) atoms. The lowest BCUT2D eigenvalue weighted by Crippen LogP contribution is -2.50. The number of urea groups is 1. The van der Waals surface area contributed by atoms with Crippen LogP contribution in [-0.2, 0) is 0 Å². The average molecular weight is 221 g/mol. The number of anilines is 2. The minimum atomic E-state index is -0.357. The summed E-state index contributed by atoms with van der Waals surface area (Å²) in [5.41, 5.74) is 11.4. The third kappa shape index (κ3) is 2.16. The van der Waals surface area contributed by atoms with E-state index in [1.807, 2.05) is 12.1 Å². The van der Waals surface area contributed by atoms with Crippen LogP contribution in [0.25, 0.3) is 0 Å². The van der Waals surface area contributed by atoms with E-state index in [0.29, 0.717) is 18.8 Å². The number of primary amides is 1. The quantitative estimate of drug-likeness (QED) is 0.691. The first-order valence-electron chi connectivity index (χ1n) is 5.17. The second kappa shape index (κ2) is 4.26. The van der Waals surface area contributed by atoms with Gasteiger partial charge in [-0.3, -0.25) is 0 Å². The number of hydrogen-bond acceptors (Lipinski definition) is 4. The number of carbonyl (C=O) groups is 1. The third-order valence-corrected chi connectivity index (χ3v) is 2.69. The van der Waals surface area contributed by atoms with Crippen molar-refractivity contribution in [2.24, 2.45) is 5.73 Å². The van der Waals surface area contributed by atoms with Gasteiger partial charge in [0.25, 0.3) is 0 Å². The molecule has 6 nitrogen and oxygen atoms in total. The summed E-state index contributed by atoms with van der Waals surface area (Å²) in [6.07, 6.45) is 1.63. The topological polar surface area (TPSA) is 88.5 Å². The Labute approximate surface area is 93.8 Å². The van der Waals surface area contributed by atoms with Crippen LogP contribution in [0, 0.1) is 0 Å². The summed E-state index contributed by atoms with van der Waals surface area (Å²) in [5.74, 6) is 0.887. The van der Waals surface area contributed by atoms with Crippen molar-refractivity contribution in [3.63, 3.8) is 0 Å². The zero-order valence-electron chi connectivity index (χ0n) is 8.97. The lowest BCUT2D eigenvalue weighted by atomic mass is 10.3. The highest BCUT2D eigenvalue weighted by atomic mass is 16.2. The first-order chi connectivity index (χ1) is 7.66. The smallest absolute Gasteiger partial charge is 0.314 e. The molecule has 0 bridgehead atoms. The molecule has 1 aliphatic rings. The van der Waals surface area contributed by atoms with Crippen LogP contribution in [0.2, 0.25) is 0 Å². The van der Waals surface area contributed by atoms with E-state index in [2.05, 4.69) is 9.88 Å². The number of carbonyl (C=O) groups excluding carboxylic acids is 1. The summed E-state index contributed by atoms with van der Waals surface area (Å²) >= 11 is 0. The van der Waals surface area contributed by atoms with Crippen LogP contribution >= 0.6 is 0 Å². The van der Waals surface area contributed by atoms with Crippen molar-refractivity contribution >= 4 is 17.5 Å². The predicted octanol–water partition coefficient (Wildman–Crippen LogP) is -0.136. The van der Waals surface area contributed by atoms with Crippen LogP contribution in [0.4, 0.5) is 16.3 Å². The Bertz CT molecular complexity index is 369. The van der Waals surface area contributed by atoms with Gasteiger partial charge in [0.1, 0.15) is 5.82 Å². The number of rotatable bonds is 1. The zero-order chi connectivity index (χ0) is 11.5. The number of nitrogen functional groups attached to an aromatic ring is 1. The van der Waals surface area contributed by atoms with Crippen LogP contribution < -0.4 is 16.4 Å². The van der Waals surface area contributed by atoms with Crippen molar-refractivity contribution in [1.29, 1.82) is 0 Å². The summed E-state index contributed by atoms with van der Waals surface area (Å²) in [6.45, 7) is 2.78. The maximum absolute atomic E-state index is 10.9. The molecular formula is C10H15N5O. The lowest BCUT2D eigenvalue weighted by Gasteiger charge is -2.34. The van der Waals surface area contributed by atoms with Crippen molar-refractivity contribution in [1.82, 2.24) is 9.88 Å². The molecule has 0 radical (unpaired) electrons. The van der Waals surface area contributed by atoms with E-state index in [-0.39, 0.29) is 6.03 Å². The summed E-state index contributed by atoms with van der Waals surface area (Å²) in [5, 5.41) is 0. The fourth-order valence-electron chi connectivity index (χ4n) is 1.74. The summed E-state index contributed by atoms with van der Waals surface area (Å²) in [6, 6.07) is 3.35. The Morgan fingerprint density at radius 2 is 1.94 bits per heavy atom. The molecule has 2 heterocycles. The van der Waals surface area contributed by atoms with E-state index in [1.165, 1.54) is 0 Å². The molecule has 1 aromatic heterocycles. The molecule has 2 rings (SSSR count). The second-order valence-electron chi connectivity index (χ2n) is 3.76. The molecule has 1 aromatic rings. The summed E-state index contributed by atoms with van der Waals surface area (Å²) < 4.78 is 0. The van der Waals surface area contributed by atoms with Crippen LogP contribution in [-0.4, -0.2) is 42.1 Å². The molecule has 0 saturated carbocycles. The van der Waals surface area contributed by atoms with Gasteiger partial charge in [0.05, 0.1) is 11.9 Å². The molecule has 4 N–H and O–H groups in total. The number of aromatic nitrogens is 1. The van der Waals surface area contributed by atoms with Gasteiger partial charge >= 0.3 is 6.03 Å². The summed E-state index contributed by atoms with van der Waals surface area (Å²) in [4.78, 5) is 18.9. The number of piperazine rings is 1. The molecule has 1 saturated heterocycles. The average Bonchev–Trinajstić information content (AvgIpc) is 2.30. The lowest BCUT2D eigenvalue weighted by molar-refractivity contribution is 0.204. The Morgan fingerprint density at radius 1 is 1.25 bits per heavy atom. The van der Waals surface area contributed by atoms with Crippen molar-refractivity contribution in [2.45, 2.75) is 0 Å². The molecule has 2 amide bonds. The molecule has 0 spiro atoms. The normalized spacial score (nSPS) is 16.2. The second-order valence-corrected chi connectivity index (χ2v) is 3.76. The van der Waals surface area contributed by atoms with Gasteiger partial charge in [-0.25, -0.2) is 9.78 Å².